The number of hydrogen-bond acceptors (Lipinski definition) is 6. The second kappa shape index (κ2) is 10.7. The van der Waals surface area contributed by atoms with Crippen molar-refractivity contribution in [2.45, 2.75) is 31.7 Å². The number of Topliss-reactive ketones (excluding diaryl/α,β-unsaturated/α-hetero) is 1. The molecule has 0 radical (unpaired) electrons. The van der Waals surface area contributed by atoms with Crippen molar-refractivity contribution in [1.29, 1.82) is 0 Å². The Morgan fingerprint density at radius 2 is 1.85 bits per heavy atom. The Kier molecular flexibility index (Phi) is 7.50. The average molecular weight is 455 g/mol. The predicted octanol–water partition coefficient (Wildman–Crippen LogP) is 4.51. The highest BCUT2D eigenvalue weighted by Crippen LogP contribution is 2.34. The van der Waals surface area contributed by atoms with Crippen molar-refractivity contribution >= 4 is 5.78 Å². The Bertz CT molecular complexity index is 984. The van der Waals surface area contributed by atoms with Crippen molar-refractivity contribution < 1.29 is 23.4 Å². The molecule has 4 rings (SSSR count). The van der Waals surface area contributed by atoms with E-state index in [1.165, 1.54) is 12.1 Å². The monoisotopic (exact) mass is 454 g/mol. The first kappa shape index (κ1) is 23.1. The van der Waals surface area contributed by atoms with Gasteiger partial charge in [0, 0.05) is 32.4 Å². The first-order valence-corrected chi connectivity index (χ1v) is 11.5. The van der Waals surface area contributed by atoms with E-state index in [1.807, 2.05) is 13.2 Å². The SMILES string of the molecule is COc1ccc2c(c1)C(=O)/C(=C/N(C)C1CCN(CCCCOc3ccc(F)cc3)CC1)O2. The summed E-state index contributed by atoms with van der Waals surface area (Å²) in [5.74, 6) is 1.95. The summed E-state index contributed by atoms with van der Waals surface area (Å²) in [5, 5.41) is 0. The molecule has 7 heteroatoms. The lowest BCUT2D eigenvalue weighted by atomic mass is 10.0. The van der Waals surface area contributed by atoms with Gasteiger partial charge < -0.3 is 24.0 Å². The van der Waals surface area contributed by atoms with Gasteiger partial charge in [-0.15, -0.1) is 0 Å². The summed E-state index contributed by atoms with van der Waals surface area (Å²) in [4.78, 5) is 17.3. The number of likely N-dealkylation sites (tertiary alicyclic amines) is 1. The van der Waals surface area contributed by atoms with Gasteiger partial charge in [0.1, 0.15) is 23.1 Å². The number of ether oxygens (including phenoxy) is 3. The maximum absolute atomic E-state index is 12.9. The van der Waals surface area contributed by atoms with Crippen LogP contribution in [-0.4, -0.2) is 62.0 Å². The molecule has 176 valence electrons. The molecule has 0 saturated carbocycles. The van der Waals surface area contributed by atoms with Crippen LogP contribution in [-0.2, 0) is 0 Å². The minimum atomic E-state index is -0.249. The molecule has 0 atom stereocenters. The van der Waals surface area contributed by atoms with Crippen LogP contribution >= 0.6 is 0 Å². The van der Waals surface area contributed by atoms with Crippen molar-refractivity contribution in [2.75, 3.05) is 40.4 Å². The number of piperidine rings is 1. The fraction of sp³-hybridized carbons (Fsp3) is 0.423. The zero-order valence-corrected chi connectivity index (χ0v) is 19.3. The van der Waals surface area contributed by atoms with Crippen LogP contribution in [0.25, 0.3) is 0 Å². The third-order valence-corrected chi connectivity index (χ3v) is 6.28. The fourth-order valence-corrected chi connectivity index (χ4v) is 4.28. The summed E-state index contributed by atoms with van der Waals surface area (Å²) in [5.41, 5.74) is 0.548. The van der Waals surface area contributed by atoms with Crippen LogP contribution in [0.3, 0.4) is 0 Å². The molecule has 1 fully saturated rings. The second-order valence-electron chi connectivity index (χ2n) is 8.53. The number of methoxy groups -OCH3 is 1. The van der Waals surface area contributed by atoms with E-state index >= 15 is 0 Å². The van der Waals surface area contributed by atoms with E-state index in [9.17, 15) is 9.18 Å². The summed E-state index contributed by atoms with van der Waals surface area (Å²) >= 11 is 0. The molecule has 33 heavy (non-hydrogen) atoms. The maximum atomic E-state index is 12.9. The Morgan fingerprint density at radius 1 is 1.12 bits per heavy atom. The number of benzene rings is 2. The first-order chi connectivity index (χ1) is 16.0. The van der Waals surface area contributed by atoms with Crippen molar-refractivity contribution in [3.05, 3.63) is 65.8 Å². The van der Waals surface area contributed by atoms with Crippen LogP contribution in [0.15, 0.2) is 54.4 Å². The molecular weight excluding hydrogens is 423 g/mol. The molecule has 1 saturated heterocycles. The number of allylic oxidation sites excluding steroid dienone is 1. The van der Waals surface area contributed by atoms with E-state index in [-0.39, 0.29) is 11.6 Å². The third-order valence-electron chi connectivity index (χ3n) is 6.28. The zero-order chi connectivity index (χ0) is 23.2. The van der Waals surface area contributed by atoms with Gasteiger partial charge in [0.15, 0.2) is 5.76 Å². The lowest BCUT2D eigenvalue weighted by Crippen LogP contribution is -2.42. The molecule has 0 unspecified atom stereocenters. The van der Waals surface area contributed by atoms with E-state index in [0.29, 0.717) is 41.2 Å². The smallest absolute Gasteiger partial charge is 0.233 e. The third kappa shape index (κ3) is 5.85. The minimum Gasteiger partial charge on any atom is -0.497 e. The molecule has 2 aromatic carbocycles. The maximum Gasteiger partial charge on any atom is 0.233 e. The van der Waals surface area contributed by atoms with Crippen LogP contribution in [0.1, 0.15) is 36.0 Å². The lowest BCUT2D eigenvalue weighted by molar-refractivity contribution is 0.100. The highest BCUT2D eigenvalue weighted by Gasteiger charge is 2.29. The molecule has 0 bridgehead atoms. The van der Waals surface area contributed by atoms with Gasteiger partial charge in [0.05, 0.1) is 19.3 Å². The molecule has 0 aliphatic carbocycles. The summed E-state index contributed by atoms with van der Waals surface area (Å²) < 4.78 is 29.6. The normalized spacial score (nSPS) is 17.7. The molecule has 2 aliphatic heterocycles. The first-order valence-electron chi connectivity index (χ1n) is 11.5. The number of unbranched alkanes of at least 4 members (excludes halogenated alkanes) is 1. The average Bonchev–Trinajstić information content (AvgIpc) is 3.14. The van der Waals surface area contributed by atoms with Gasteiger partial charge in [0.25, 0.3) is 0 Å². The largest absolute Gasteiger partial charge is 0.497 e. The number of carbonyl (C=O) groups excluding carboxylic acids is 1. The Balaban J connectivity index is 1.17. The Morgan fingerprint density at radius 3 is 2.58 bits per heavy atom. The topological polar surface area (TPSA) is 51.2 Å². The highest BCUT2D eigenvalue weighted by atomic mass is 19.1. The number of carbonyl (C=O) groups is 1. The molecule has 2 heterocycles. The van der Waals surface area contributed by atoms with Gasteiger partial charge in [0.2, 0.25) is 5.78 Å². The number of nitrogens with zero attached hydrogens (tertiary/aromatic N) is 2. The molecule has 2 aromatic rings. The van der Waals surface area contributed by atoms with Gasteiger partial charge >= 0.3 is 0 Å². The summed E-state index contributed by atoms with van der Waals surface area (Å²) in [6.45, 7) is 3.75. The molecule has 6 nitrogen and oxygen atoms in total. The number of rotatable bonds is 9. The van der Waals surface area contributed by atoms with Gasteiger partial charge in [-0.3, -0.25) is 4.79 Å². The van der Waals surface area contributed by atoms with Crippen molar-refractivity contribution in [3.63, 3.8) is 0 Å². The van der Waals surface area contributed by atoms with Crippen LogP contribution in [0.2, 0.25) is 0 Å². The van der Waals surface area contributed by atoms with E-state index in [1.54, 1.807) is 37.4 Å². The number of hydrogen-bond donors (Lipinski definition) is 0. The van der Waals surface area contributed by atoms with Crippen molar-refractivity contribution in [3.8, 4) is 17.2 Å². The number of fused-ring (bicyclic) bond motifs is 1. The second-order valence-corrected chi connectivity index (χ2v) is 8.53. The standard InChI is InChI=1S/C26H31FN2O4/c1-28(18-25-26(30)23-17-22(31-2)9-10-24(23)33-25)20-11-14-29(15-12-20)13-3-4-16-32-21-7-5-19(27)6-8-21/h5-10,17-18,20H,3-4,11-16H2,1-2H3/b25-18-. The predicted molar refractivity (Wildman–Crippen MR) is 124 cm³/mol. The minimum absolute atomic E-state index is 0.101. The fourth-order valence-electron chi connectivity index (χ4n) is 4.28. The van der Waals surface area contributed by atoms with Crippen LogP contribution in [0.4, 0.5) is 4.39 Å². The molecule has 2 aliphatic rings. The summed E-state index contributed by atoms with van der Waals surface area (Å²) in [7, 11) is 3.60. The van der Waals surface area contributed by atoms with Gasteiger partial charge in [-0.1, -0.05) is 0 Å². The van der Waals surface area contributed by atoms with E-state index in [0.717, 1.165) is 45.3 Å². The van der Waals surface area contributed by atoms with E-state index < -0.39 is 0 Å². The lowest BCUT2D eigenvalue weighted by Gasteiger charge is -2.36. The number of ketones is 1. The molecular formula is C26H31FN2O4. The van der Waals surface area contributed by atoms with Gasteiger partial charge in [-0.05, 0) is 74.7 Å². The number of halogens is 1. The van der Waals surface area contributed by atoms with Crippen molar-refractivity contribution in [2.24, 2.45) is 0 Å². The summed E-state index contributed by atoms with van der Waals surface area (Å²) in [6, 6.07) is 11.8. The molecule has 0 aromatic heterocycles. The van der Waals surface area contributed by atoms with Crippen molar-refractivity contribution in [1.82, 2.24) is 9.80 Å². The van der Waals surface area contributed by atoms with Gasteiger partial charge in [-0.2, -0.15) is 0 Å². The van der Waals surface area contributed by atoms with E-state index in [4.69, 9.17) is 14.2 Å². The Hall–Kier alpha value is -3.06. The molecule has 0 spiro atoms. The Labute approximate surface area is 194 Å². The zero-order valence-electron chi connectivity index (χ0n) is 19.3. The molecule has 0 N–H and O–H groups in total. The molecule has 0 amide bonds. The quantitative estimate of drug-likeness (QED) is 0.411. The highest BCUT2D eigenvalue weighted by molar-refractivity contribution is 6.12. The van der Waals surface area contributed by atoms with Gasteiger partial charge in [-0.25, -0.2) is 4.39 Å². The van der Waals surface area contributed by atoms with Crippen LogP contribution in [0.5, 0.6) is 17.2 Å². The van der Waals surface area contributed by atoms with Crippen LogP contribution in [0, 0.1) is 5.82 Å². The van der Waals surface area contributed by atoms with Crippen LogP contribution < -0.4 is 14.2 Å². The van der Waals surface area contributed by atoms with E-state index in [2.05, 4.69) is 9.80 Å². The summed E-state index contributed by atoms with van der Waals surface area (Å²) in [6.07, 6.45) is 5.95.